The SMILES string of the molecule is CCCN(CCC)c1nc2ccc(C)cn2c(=O)c1/C=C1\SC(=S)N(Cc2ccccc2)C1=O. The van der Waals surface area contributed by atoms with Crippen LogP contribution >= 0.6 is 24.0 Å². The van der Waals surface area contributed by atoms with Crippen LogP contribution in [0.5, 0.6) is 0 Å². The number of benzene rings is 1. The number of hydrogen-bond acceptors (Lipinski definition) is 6. The van der Waals surface area contributed by atoms with Crippen LogP contribution in [0.15, 0.2) is 58.4 Å². The second-order valence-electron chi connectivity index (χ2n) is 8.33. The molecule has 3 heterocycles. The zero-order valence-electron chi connectivity index (χ0n) is 19.7. The molecule has 0 unspecified atom stereocenters. The number of nitrogens with zero attached hydrogens (tertiary/aromatic N) is 4. The van der Waals surface area contributed by atoms with Gasteiger partial charge in [0.25, 0.3) is 11.5 Å². The highest BCUT2D eigenvalue weighted by atomic mass is 32.2. The highest BCUT2D eigenvalue weighted by Crippen LogP contribution is 2.34. The molecule has 0 N–H and O–H groups in total. The number of pyridine rings is 1. The fourth-order valence-corrected chi connectivity index (χ4v) is 5.25. The number of rotatable bonds is 8. The van der Waals surface area contributed by atoms with Gasteiger partial charge in [0.2, 0.25) is 0 Å². The summed E-state index contributed by atoms with van der Waals surface area (Å²) in [5.74, 6) is 0.432. The van der Waals surface area contributed by atoms with Crippen molar-refractivity contribution in [3.8, 4) is 0 Å². The molecule has 1 aliphatic rings. The van der Waals surface area contributed by atoms with Gasteiger partial charge in [-0.25, -0.2) is 4.98 Å². The van der Waals surface area contributed by atoms with Crippen LogP contribution in [0.2, 0.25) is 0 Å². The lowest BCUT2D eigenvalue weighted by Crippen LogP contribution is -2.31. The highest BCUT2D eigenvalue weighted by Gasteiger charge is 2.33. The third kappa shape index (κ3) is 4.93. The van der Waals surface area contributed by atoms with Crippen molar-refractivity contribution in [1.82, 2.24) is 14.3 Å². The maximum atomic E-state index is 13.6. The second-order valence-corrected chi connectivity index (χ2v) is 10.0. The first-order valence-corrected chi connectivity index (χ1v) is 12.7. The molecule has 0 spiro atoms. The van der Waals surface area contributed by atoms with Gasteiger partial charge in [-0.05, 0) is 43.0 Å². The molecule has 1 amide bonds. The van der Waals surface area contributed by atoms with Crippen molar-refractivity contribution in [3.05, 3.63) is 80.6 Å². The standard InChI is InChI=1S/C26H28N4O2S2/c1-4-13-28(14-5-2)23-20(24(31)29-16-18(3)11-12-22(29)27-23)15-21-25(32)30(26(33)34-21)17-19-9-7-6-8-10-19/h6-12,15-16H,4-5,13-14,17H2,1-3H3/b21-15-. The number of carbonyl (C=O) groups is 1. The van der Waals surface area contributed by atoms with Crippen LogP contribution in [0.1, 0.15) is 43.4 Å². The lowest BCUT2D eigenvalue weighted by Gasteiger charge is -2.24. The fraction of sp³-hybridized carbons (Fsp3) is 0.308. The molecule has 1 fully saturated rings. The summed E-state index contributed by atoms with van der Waals surface area (Å²) in [7, 11) is 0. The van der Waals surface area contributed by atoms with Gasteiger partial charge in [0, 0.05) is 19.3 Å². The summed E-state index contributed by atoms with van der Waals surface area (Å²) in [6, 6.07) is 13.6. The van der Waals surface area contributed by atoms with E-state index in [0.29, 0.717) is 32.8 Å². The monoisotopic (exact) mass is 492 g/mol. The summed E-state index contributed by atoms with van der Waals surface area (Å²) in [4.78, 5) is 36.0. The average molecular weight is 493 g/mol. The fourth-order valence-electron chi connectivity index (χ4n) is 4.01. The van der Waals surface area contributed by atoms with Gasteiger partial charge in [0.15, 0.2) is 0 Å². The van der Waals surface area contributed by atoms with E-state index >= 15 is 0 Å². The van der Waals surface area contributed by atoms with E-state index in [0.717, 1.165) is 37.1 Å². The molecule has 1 aliphatic heterocycles. The van der Waals surface area contributed by atoms with Crippen LogP contribution in [0.25, 0.3) is 11.7 Å². The van der Waals surface area contributed by atoms with E-state index in [1.807, 2.05) is 49.4 Å². The first-order valence-electron chi connectivity index (χ1n) is 11.5. The molecule has 34 heavy (non-hydrogen) atoms. The highest BCUT2D eigenvalue weighted by molar-refractivity contribution is 8.26. The van der Waals surface area contributed by atoms with E-state index in [-0.39, 0.29) is 11.5 Å². The molecular formula is C26H28N4O2S2. The van der Waals surface area contributed by atoms with E-state index in [4.69, 9.17) is 17.2 Å². The minimum absolute atomic E-state index is 0.184. The van der Waals surface area contributed by atoms with Crippen LogP contribution in [0, 0.1) is 6.92 Å². The zero-order chi connectivity index (χ0) is 24.2. The van der Waals surface area contributed by atoms with E-state index in [1.165, 1.54) is 11.8 Å². The average Bonchev–Trinajstić information content (AvgIpc) is 3.09. The van der Waals surface area contributed by atoms with E-state index in [2.05, 4.69) is 18.7 Å². The topological polar surface area (TPSA) is 57.9 Å². The summed E-state index contributed by atoms with van der Waals surface area (Å²) in [6.07, 6.45) is 5.32. The summed E-state index contributed by atoms with van der Waals surface area (Å²) >= 11 is 6.76. The van der Waals surface area contributed by atoms with Crippen molar-refractivity contribution in [2.45, 2.75) is 40.2 Å². The Labute approximate surface area is 209 Å². The molecule has 0 atom stereocenters. The van der Waals surface area contributed by atoms with Crippen LogP contribution in [-0.4, -0.2) is 37.6 Å². The quantitative estimate of drug-likeness (QED) is 0.325. The number of hydrogen-bond donors (Lipinski definition) is 0. The summed E-state index contributed by atoms with van der Waals surface area (Å²) < 4.78 is 2.05. The number of anilines is 1. The van der Waals surface area contributed by atoms with E-state index < -0.39 is 0 Å². The van der Waals surface area contributed by atoms with Crippen LogP contribution < -0.4 is 10.5 Å². The number of amides is 1. The third-order valence-corrected chi connectivity index (χ3v) is 6.98. The molecule has 0 saturated carbocycles. The van der Waals surface area contributed by atoms with Gasteiger partial charge >= 0.3 is 0 Å². The van der Waals surface area contributed by atoms with Gasteiger partial charge in [-0.1, -0.05) is 74.2 Å². The molecule has 0 radical (unpaired) electrons. The third-order valence-electron chi connectivity index (χ3n) is 5.60. The molecule has 3 aromatic rings. The first kappa shape index (κ1) is 24.2. The molecule has 0 aliphatic carbocycles. The summed E-state index contributed by atoms with van der Waals surface area (Å²) in [6.45, 7) is 8.11. The maximum absolute atomic E-state index is 13.6. The number of fused-ring (bicyclic) bond motifs is 1. The van der Waals surface area contributed by atoms with Crippen molar-refractivity contribution in [2.75, 3.05) is 18.0 Å². The van der Waals surface area contributed by atoms with Crippen molar-refractivity contribution in [1.29, 1.82) is 0 Å². The number of carbonyl (C=O) groups excluding carboxylic acids is 1. The Morgan fingerprint density at radius 2 is 1.76 bits per heavy atom. The second kappa shape index (κ2) is 10.5. The zero-order valence-corrected chi connectivity index (χ0v) is 21.3. The van der Waals surface area contributed by atoms with Crippen molar-refractivity contribution in [2.24, 2.45) is 0 Å². The minimum atomic E-state index is -0.186. The number of thiocarbonyl (C=S) groups is 1. The predicted octanol–water partition coefficient (Wildman–Crippen LogP) is 5.03. The Hall–Kier alpha value is -2.97. The van der Waals surface area contributed by atoms with Crippen LogP contribution in [-0.2, 0) is 11.3 Å². The molecule has 8 heteroatoms. The normalized spacial score (nSPS) is 15.0. The largest absolute Gasteiger partial charge is 0.356 e. The van der Waals surface area contributed by atoms with Gasteiger partial charge in [-0.3, -0.25) is 18.9 Å². The smallest absolute Gasteiger partial charge is 0.267 e. The molecule has 2 aromatic heterocycles. The Balaban J connectivity index is 1.81. The van der Waals surface area contributed by atoms with E-state index in [9.17, 15) is 9.59 Å². The molecule has 176 valence electrons. The van der Waals surface area contributed by atoms with Crippen LogP contribution in [0.3, 0.4) is 0 Å². The van der Waals surface area contributed by atoms with Gasteiger partial charge in [-0.2, -0.15) is 0 Å². The maximum Gasteiger partial charge on any atom is 0.267 e. The lowest BCUT2D eigenvalue weighted by atomic mass is 10.2. The lowest BCUT2D eigenvalue weighted by molar-refractivity contribution is -0.122. The van der Waals surface area contributed by atoms with Crippen molar-refractivity contribution >= 4 is 51.7 Å². The Morgan fingerprint density at radius 1 is 1.06 bits per heavy atom. The molecule has 1 aromatic carbocycles. The van der Waals surface area contributed by atoms with E-state index in [1.54, 1.807) is 21.6 Å². The number of aromatic nitrogens is 2. The van der Waals surface area contributed by atoms with Crippen LogP contribution in [0.4, 0.5) is 5.82 Å². The first-order chi connectivity index (χ1) is 16.4. The predicted molar refractivity (Wildman–Crippen MR) is 144 cm³/mol. The molecule has 1 saturated heterocycles. The van der Waals surface area contributed by atoms with Gasteiger partial charge < -0.3 is 4.90 Å². The van der Waals surface area contributed by atoms with Crippen molar-refractivity contribution in [3.63, 3.8) is 0 Å². The molecule has 6 nitrogen and oxygen atoms in total. The van der Waals surface area contributed by atoms with Crippen molar-refractivity contribution < 1.29 is 4.79 Å². The summed E-state index contributed by atoms with van der Waals surface area (Å²) in [5.41, 5.74) is 2.79. The molecule has 0 bridgehead atoms. The number of thioether (sulfide) groups is 1. The van der Waals surface area contributed by atoms with Gasteiger partial charge in [0.1, 0.15) is 15.8 Å². The van der Waals surface area contributed by atoms with Gasteiger partial charge in [0.05, 0.1) is 17.0 Å². The summed E-state index contributed by atoms with van der Waals surface area (Å²) in [5, 5.41) is 0. The minimum Gasteiger partial charge on any atom is -0.356 e. The Morgan fingerprint density at radius 3 is 2.44 bits per heavy atom. The Kier molecular flexibility index (Phi) is 7.48. The molecular weight excluding hydrogens is 464 g/mol. The Bertz CT molecular complexity index is 1310. The van der Waals surface area contributed by atoms with Gasteiger partial charge in [-0.15, -0.1) is 0 Å². The molecule has 4 rings (SSSR count). The number of aryl methyl sites for hydroxylation is 1.